The number of hydrogen-bond acceptors (Lipinski definition) is 2. The molecule has 0 unspecified atom stereocenters. The van der Waals surface area contributed by atoms with Crippen molar-refractivity contribution in [3.05, 3.63) is 53.4 Å². The average Bonchev–Trinajstić information content (AvgIpc) is 2.77. The van der Waals surface area contributed by atoms with Crippen LogP contribution in [-0.2, 0) is 0 Å². The van der Waals surface area contributed by atoms with E-state index in [1.807, 2.05) is 30.9 Å². The molecule has 1 aromatic heterocycles. The maximum absolute atomic E-state index is 13.8. The van der Waals surface area contributed by atoms with Gasteiger partial charge in [0.15, 0.2) is 0 Å². The van der Waals surface area contributed by atoms with E-state index >= 15 is 0 Å². The quantitative estimate of drug-likeness (QED) is 0.859. The number of halogens is 2. The Bertz CT molecular complexity index is 617. The van der Waals surface area contributed by atoms with E-state index in [9.17, 15) is 8.78 Å². The third-order valence-electron chi connectivity index (χ3n) is 3.95. The molecule has 0 radical (unpaired) electrons. The monoisotopic (exact) mass is 277 g/mol. The van der Waals surface area contributed by atoms with Gasteiger partial charge in [-0.2, -0.15) is 5.10 Å². The third-order valence-corrected chi connectivity index (χ3v) is 3.95. The molecule has 3 rings (SSSR count). The SMILES string of the molecule is Cc1cnn(C2CN([C@@H](C)c3cc(F)ccc3F)C2)c1. The highest BCUT2D eigenvalue weighted by Gasteiger charge is 2.33. The highest BCUT2D eigenvalue weighted by molar-refractivity contribution is 5.22. The first-order valence-electron chi connectivity index (χ1n) is 6.74. The summed E-state index contributed by atoms with van der Waals surface area (Å²) in [5, 5.41) is 4.29. The summed E-state index contributed by atoms with van der Waals surface area (Å²) in [4.78, 5) is 2.12. The molecule has 1 saturated heterocycles. The molecule has 1 fully saturated rings. The molecule has 106 valence electrons. The van der Waals surface area contributed by atoms with E-state index in [2.05, 4.69) is 10.00 Å². The minimum absolute atomic E-state index is 0.126. The molecule has 2 aromatic rings. The van der Waals surface area contributed by atoms with Crippen molar-refractivity contribution in [3.63, 3.8) is 0 Å². The molecule has 0 saturated carbocycles. The van der Waals surface area contributed by atoms with Gasteiger partial charge in [0.25, 0.3) is 0 Å². The van der Waals surface area contributed by atoms with Gasteiger partial charge in [0, 0.05) is 30.9 Å². The second-order valence-corrected chi connectivity index (χ2v) is 5.45. The molecule has 1 aliphatic rings. The van der Waals surface area contributed by atoms with Crippen molar-refractivity contribution in [2.75, 3.05) is 13.1 Å². The summed E-state index contributed by atoms with van der Waals surface area (Å²) in [7, 11) is 0. The first-order valence-corrected chi connectivity index (χ1v) is 6.74. The molecule has 0 amide bonds. The largest absolute Gasteiger partial charge is 0.292 e. The molecule has 0 spiro atoms. The van der Waals surface area contributed by atoms with Crippen LogP contribution in [0.1, 0.15) is 30.1 Å². The van der Waals surface area contributed by atoms with E-state index in [0.29, 0.717) is 11.6 Å². The second-order valence-electron chi connectivity index (χ2n) is 5.45. The van der Waals surface area contributed by atoms with Crippen molar-refractivity contribution in [3.8, 4) is 0 Å². The van der Waals surface area contributed by atoms with Gasteiger partial charge in [-0.1, -0.05) is 0 Å². The van der Waals surface area contributed by atoms with Crippen LogP contribution in [0.25, 0.3) is 0 Å². The predicted octanol–water partition coefficient (Wildman–Crippen LogP) is 3.09. The fraction of sp³-hybridized carbons (Fsp3) is 0.400. The smallest absolute Gasteiger partial charge is 0.128 e. The fourth-order valence-electron chi connectivity index (χ4n) is 2.64. The molecule has 2 heterocycles. The molecule has 0 bridgehead atoms. The van der Waals surface area contributed by atoms with Crippen LogP contribution in [0, 0.1) is 18.6 Å². The Balaban J connectivity index is 1.68. The molecular weight excluding hydrogens is 260 g/mol. The highest BCUT2D eigenvalue weighted by atomic mass is 19.1. The second kappa shape index (κ2) is 4.98. The van der Waals surface area contributed by atoms with E-state index in [-0.39, 0.29) is 11.9 Å². The zero-order chi connectivity index (χ0) is 14.3. The summed E-state index contributed by atoms with van der Waals surface area (Å²) < 4.78 is 28.9. The standard InChI is InChI=1S/C15H17F2N3/c1-10-6-18-20(7-10)13-8-19(9-13)11(2)14-5-12(16)3-4-15(14)17/h3-7,11,13H,8-9H2,1-2H3/t11-/m0/s1. The topological polar surface area (TPSA) is 21.1 Å². The normalized spacial score (nSPS) is 18.0. The first kappa shape index (κ1) is 13.2. The summed E-state index contributed by atoms with van der Waals surface area (Å²) in [6, 6.07) is 3.82. The maximum Gasteiger partial charge on any atom is 0.128 e. The first-order chi connectivity index (χ1) is 9.54. The lowest BCUT2D eigenvalue weighted by Crippen LogP contribution is -2.48. The van der Waals surface area contributed by atoms with Crippen LogP contribution in [0.3, 0.4) is 0 Å². The minimum Gasteiger partial charge on any atom is -0.292 e. The Kier molecular flexibility index (Phi) is 3.30. The van der Waals surface area contributed by atoms with Gasteiger partial charge in [-0.3, -0.25) is 9.58 Å². The highest BCUT2D eigenvalue weighted by Crippen LogP contribution is 2.32. The summed E-state index contributed by atoms with van der Waals surface area (Å²) in [6.45, 7) is 5.52. The molecule has 0 N–H and O–H groups in total. The Morgan fingerprint density at radius 2 is 2.05 bits per heavy atom. The summed E-state index contributed by atoms with van der Waals surface area (Å²) in [6.07, 6.45) is 3.84. The van der Waals surface area contributed by atoms with Crippen LogP contribution in [0.5, 0.6) is 0 Å². The van der Waals surface area contributed by atoms with Gasteiger partial charge in [0.1, 0.15) is 11.6 Å². The third kappa shape index (κ3) is 2.33. The molecule has 0 aliphatic carbocycles. The predicted molar refractivity (Wildman–Crippen MR) is 72.3 cm³/mol. The van der Waals surface area contributed by atoms with Crippen LogP contribution in [0.2, 0.25) is 0 Å². The molecule has 5 heteroatoms. The van der Waals surface area contributed by atoms with Gasteiger partial charge in [0.2, 0.25) is 0 Å². The van der Waals surface area contributed by atoms with Crippen LogP contribution in [-0.4, -0.2) is 27.8 Å². The zero-order valence-electron chi connectivity index (χ0n) is 11.6. The van der Waals surface area contributed by atoms with E-state index in [1.54, 1.807) is 0 Å². The Morgan fingerprint density at radius 3 is 2.70 bits per heavy atom. The van der Waals surface area contributed by atoms with Gasteiger partial charge < -0.3 is 0 Å². The van der Waals surface area contributed by atoms with E-state index in [4.69, 9.17) is 0 Å². The van der Waals surface area contributed by atoms with Crippen molar-refractivity contribution in [1.82, 2.24) is 14.7 Å². The van der Waals surface area contributed by atoms with Gasteiger partial charge in [-0.25, -0.2) is 8.78 Å². The number of likely N-dealkylation sites (tertiary alicyclic amines) is 1. The molecular formula is C15H17F2N3. The summed E-state index contributed by atoms with van der Waals surface area (Å²) in [5.74, 6) is -0.745. The van der Waals surface area contributed by atoms with Crippen molar-refractivity contribution < 1.29 is 8.78 Å². The Labute approximate surface area is 116 Å². The van der Waals surface area contributed by atoms with Gasteiger partial charge in [-0.05, 0) is 37.6 Å². The molecule has 20 heavy (non-hydrogen) atoms. The molecule has 1 aromatic carbocycles. The average molecular weight is 277 g/mol. The molecule has 3 nitrogen and oxygen atoms in total. The van der Waals surface area contributed by atoms with Gasteiger partial charge in [-0.15, -0.1) is 0 Å². The number of nitrogens with zero attached hydrogens (tertiary/aromatic N) is 3. The Hall–Kier alpha value is -1.75. The van der Waals surface area contributed by atoms with Crippen molar-refractivity contribution in [2.24, 2.45) is 0 Å². The van der Waals surface area contributed by atoms with Crippen LogP contribution >= 0.6 is 0 Å². The number of aromatic nitrogens is 2. The lowest BCUT2D eigenvalue weighted by atomic mass is 10.00. The number of hydrogen-bond donors (Lipinski definition) is 0. The van der Waals surface area contributed by atoms with Crippen molar-refractivity contribution >= 4 is 0 Å². The summed E-state index contributed by atoms with van der Waals surface area (Å²) in [5.41, 5.74) is 1.55. The molecule has 1 aliphatic heterocycles. The number of rotatable bonds is 3. The number of benzene rings is 1. The van der Waals surface area contributed by atoms with Gasteiger partial charge >= 0.3 is 0 Å². The van der Waals surface area contributed by atoms with Crippen LogP contribution < -0.4 is 0 Å². The van der Waals surface area contributed by atoms with Gasteiger partial charge in [0.05, 0.1) is 12.2 Å². The number of aryl methyl sites for hydroxylation is 1. The minimum atomic E-state index is -0.395. The van der Waals surface area contributed by atoms with E-state index in [0.717, 1.165) is 24.7 Å². The Morgan fingerprint density at radius 1 is 1.30 bits per heavy atom. The maximum atomic E-state index is 13.8. The zero-order valence-corrected chi connectivity index (χ0v) is 11.6. The van der Waals surface area contributed by atoms with E-state index < -0.39 is 5.82 Å². The molecule has 1 atom stereocenters. The lowest BCUT2D eigenvalue weighted by Gasteiger charge is -2.43. The van der Waals surface area contributed by atoms with Crippen LogP contribution in [0.4, 0.5) is 8.78 Å². The summed E-state index contributed by atoms with van der Waals surface area (Å²) >= 11 is 0. The van der Waals surface area contributed by atoms with Crippen LogP contribution in [0.15, 0.2) is 30.6 Å². The lowest BCUT2D eigenvalue weighted by molar-refractivity contribution is 0.0580. The van der Waals surface area contributed by atoms with Crippen molar-refractivity contribution in [1.29, 1.82) is 0 Å². The van der Waals surface area contributed by atoms with E-state index in [1.165, 1.54) is 12.1 Å². The fourth-order valence-corrected chi connectivity index (χ4v) is 2.64. The van der Waals surface area contributed by atoms with Crippen molar-refractivity contribution in [2.45, 2.75) is 25.9 Å².